The second-order valence-corrected chi connectivity index (χ2v) is 6.07. The Kier molecular flexibility index (Phi) is 3.23. The van der Waals surface area contributed by atoms with Crippen LogP contribution in [-0.2, 0) is 6.42 Å². The lowest BCUT2D eigenvalue weighted by molar-refractivity contribution is 0.134. The van der Waals surface area contributed by atoms with Crippen LogP contribution in [0.5, 0.6) is 11.5 Å². The van der Waals surface area contributed by atoms with E-state index in [-0.39, 0.29) is 6.10 Å². The minimum absolute atomic E-state index is 0.173. The number of nitrogens with zero attached hydrogens (tertiary/aromatic N) is 3. The van der Waals surface area contributed by atoms with Gasteiger partial charge in [0, 0.05) is 30.6 Å². The average Bonchev–Trinajstić information content (AvgIpc) is 3.11. The van der Waals surface area contributed by atoms with Crippen molar-refractivity contribution in [1.29, 1.82) is 0 Å². The number of benzene rings is 1. The average molecular weight is 329 g/mol. The lowest BCUT2D eigenvalue weighted by atomic mass is 10.1. The number of ether oxygens (including phenoxy) is 2. The van der Waals surface area contributed by atoms with E-state index in [0.717, 1.165) is 39.7 Å². The van der Waals surface area contributed by atoms with E-state index in [4.69, 9.17) is 14.5 Å². The second-order valence-electron chi connectivity index (χ2n) is 6.07. The zero-order valence-electron chi connectivity index (χ0n) is 13.4. The third-order valence-electron chi connectivity index (χ3n) is 4.45. The van der Waals surface area contributed by atoms with Gasteiger partial charge in [0.25, 0.3) is 0 Å². The second kappa shape index (κ2) is 5.70. The van der Waals surface area contributed by atoms with Crippen molar-refractivity contribution < 1.29 is 9.47 Å². The Bertz CT molecular complexity index is 970. The van der Waals surface area contributed by atoms with E-state index in [1.165, 1.54) is 0 Å². The molecule has 5 heteroatoms. The maximum Gasteiger partial charge on any atom is 0.171 e. The summed E-state index contributed by atoms with van der Waals surface area (Å²) in [6.45, 7) is 0.473. The van der Waals surface area contributed by atoms with Crippen molar-refractivity contribution in [1.82, 2.24) is 9.97 Å². The highest BCUT2D eigenvalue weighted by Gasteiger charge is 2.29. The van der Waals surface area contributed by atoms with Crippen molar-refractivity contribution >= 4 is 11.4 Å². The quantitative estimate of drug-likeness (QED) is 0.721. The van der Waals surface area contributed by atoms with Crippen molar-refractivity contribution in [3.8, 4) is 22.6 Å². The molecule has 122 valence electrons. The Morgan fingerprint density at radius 3 is 2.68 bits per heavy atom. The number of rotatable bonds is 2. The van der Waals surface area contributed by atoms with Crippen LogP contribution >= 0.6 is 0 Å². The van der Waals surface area contributed by atoms with Gasteiger partial charge in [0.15, 0.2) is 17.6 Å². The molecule has 0 spiro atoms. The maximum absolute atomic E-state index is 6.07. The largest absolute Gasteiger partial charge is 0.485 e. The van der Waals surface area contributed by atoms with Gasteiger partial charge < -0.3 is 9.47 Å². The van der Waals surface area contributed by atoms with Crippen LogP contribution in [-0.4, -0.2) is 28.4 Å². The number of fused-ring (bicyclic) bond motifs is 2. The Labute approximate surface area is 145 Å². The Morgan fingerprint density at radius 2 is 1.80 bits per heavy atom. The molecule has 0 saturated heterocycles. The molecule has 0 radical (unpaired) electrons. The molecule has 4 heterocycles. The van der Waals surface area contributed by atoms with Crippen molar-refractivity contribution in [2.45, 2.75) is 12.5 Å². The molecular weight excluding hydrogens is 314 g/mol. The third-order valence-corrected chi connectivity index (χ3v) is 4.45. The van der Waals surface area contributed by atoms with Gasteiger partial charge in [-0.05, 0) is 35.9 Å². The highest BCUT2D eigenvalue weighted by molar-refractivity contribution is 5.97. The van der Waals surface area contributed by atoms with E-state index < -0.39 is 0 Å². The van der Waals surface area contributed by atoms with Crippen molar-refractivity contribution in [3.05, 3.63) is 66.7 Å². The molecule has 0 amide bonds. The van der Waals surface area contributed by atoms with Gasteiger partial charge in [0.2, 0.25) is 0 Å². The maximum atomic E-state index is 6.07. The van der Waals surface area contributed by atoms with E-state index in [9.17, 15) is 0 Å². The summed E-state index contributed by atoms with van der Waals surface area (Å²) in [5, 5.41) is 0. The summed E-state index contributed by atoms with van der Waals surface area (Å²) in [4.78, 5) is 13.4. The molecule has 1 atom stereocenters. The van der Waals surface area contributed by atoms with Crippen molar-refractivity contribution in [3.63, 3.8) is 0 Å². The molecule has 1 aromatic carbocycles. The fourth-order valence-electron chi connectivity index (χ4n) is 3.15. The molecule has 0 fully saturated rings. The summed E-state index contributed by atoms with van der Waals surface area (Å²) in [7, 11) is 0. The minimum Gasteiger partial charge on any atom is -0.485 e. The van der Waals surface area contributed by atoms with Gasteiger partial charge >= 0.3 is 0 Å². The predicted octanol–water partition coefficient (Wildman–Crippen LogP) is 3.61. The number of hydrogen-bond donors (Lipinski definition) is 0. The molecule has 0 aliphatic carbocycles. The van der Waals surface area contributed by atoms with E-state index in [0.29, 0.717) is 13.0 Å². The van der Waals surface area contributed by atoms with Crippen LogP contribution in [0.4, 0.5) is 5.69 Å². The van der Waals surface area contributed by atoms with Crippen LogP contribution in [0.15, 0.2) is 66.0 Å². The van der Waals surface area contributed by atoms with Crippen molar-refractivity contribution in [2.75, 3.05) is 6.61 Å². The fourth-order valence-corrected chi connectivity index (χ4v) is 3.15. The first kappa shape index (κ1) is 14.2. The molecule has 0 N–H and O–H groups in total. The first-order chi connectivity index (χ1) is 12.4. The first-order valence-corrected chi connectivity index (χ1v) is 8.22. The summed E-state index contributed by atoms with van der Waals surface area (Å²) >= 11 is 0. The molecule has 2 aliphatic rings. The predicted molar refractivity (Wildman–Crippen MR) is 94.6 cm³/mol. The van der Waals surface area contributed by atoms with E-state index in [1.54, 1.807) is 12.4 Å². The van der Waals surface area contributed by atoms with E-state index in [1.807, 2.05) is 42.6 Å². The molecule has 2 aliphatic heterocycles. The fraction of sp³-hybridized carbons (Fsp3) is 0.150. The summed E-state index contributed by atoms with van der Waals surface area (Å²) < 4.78 is 11.9. The molecule has 0 saturated carbocycles. The first-order valence-electron chi connectivity index (χ1n) is 8.22. The molecule has 0 unspecified atom stereocenters. The molecule has 2 aromatic heterocycles. The normalized spacial score (nSPS) is 17.8. The van der Waals surface area contributed by atoms with E-state index in [2.05, 4.69) is 16.0 Å². The number of hydrogen-bond acceptors (Lipinski definition) is 5. The molecular formula is C20H15N3O2. The molecule has 25 heavy (non-hydrogen) atoms. The molecule has 5 nitrogen and oxygen atoms in total. The minimum atomic E-state index is -0.173. The zero-order valence-corrected chi connectivity index (χ0v) is 13.4. The standard InChI is InChI=1S/C20H15N3O2/c1-2-4-19-18(3-1)24-12-20(25-19)17-10-15-16(23-17)9-14(11-22-15)13-5-7-21-8-6-13/h1-9,11,20H,10,12H2/t20-/m1/s1. The lowest BCUT2D eigenvalue weighted by Crippen LogP contribution is -2.36. The summed E-state index contributed by atoms with van der Waals surface area (Å²) in [6, 6.07) is 13.7. The Morgan fingerprint density at radius 1 is 0.960 bits per heavy atom. The van der Waals surface area contributed by atoms with Crippen LogP contribution in [0.2, 0.25) is 0 Å². The topological polar surface area (TPSA) is 56.6 Å². The number of pyridine rings is 2. The van der Waals surface area contributed by atoms with Gasteiger partial charge in [0.05, 0.1) is 17.1 Å². The molecule has 5 rings (SSSR count). The van der Waals surface area contributed by atoms with Gasteiger partial charge in [-0.15, -0.1) is 0 Å². The Balaban J connectivity index is 1.43. The monoisotopic (exact) mass is 329 g/mol. The number of aliphatic imine (C=N–C) groups is 1. The van der Waals surface area contributed by atoms with Crippen molar-refractivity contribution in [2.24, 2.45) is 4.99 Å². The zero-order chi connectivity index (χ0) is 16.6. The van der Waals surface area contributed by atoms with Crippen LogP contribution in [0, 0.1) is 0 Å². The van der Waals surface area contributed by atoms with Gasteiger partial charge in [-0.1, -0.05) is 12.1 Å². The number of para-hydroxylation sites is 2. The summed E-state index contributed by atoms with van der Waals surface area (Å²) in [6.07, 6.45) is 5.97. The van der Waals surface area contributed by atoms with Crippen LogP contribution < -0.4 is 9.47 Å². The summed E-state index contributed by atoms with van der Waals surface area (Å²) in [5.74, 6) is 1.55. The Hall–Kier alpha value is -3.21. The summed E-state index contributed by atoms with van der Waals surface area (Å²) in [5.41, 5.74) is 4.98. The highest BCUT2D eigenvalue weighted by atomic mass is 16.6. The van der Waals surface area contributed by atoms with Gasteiger partial charge in [-0.3, -0.25) is 15.0 Å². The van der Waals surface area contributed by atoms with Gasteiger partial charge in [0.1, 0.15) is 6.61 Å². The number of aromatic nitrogens is 2. The molecule has 3 aromatic rings. The van der Waals surface area contributed by atoms with E-state index >= 15 is 0 Å². The third kappa shape index (κ3) is 2.54. The highest BCUT2D eigenvalue weighted by Crippen LogP contribution is 2.35. The van der Waals surface area contributed by atoms with Gasteiger partial charge in [-0.2, -0.15) is 0 Å². The molecule has 0 bridgehead atoms. The lowest BCUT2D eigenvalue weighted by Gasteiger charge is -2.26. The van der Waals surface area contributed by atoms with Crippen LogP contribution in [0.25, 0.3) is 11.1 Å². The SMILES string of the molecule is c1ccc2c(c1)OC[C@H](C1=Nc3cc(-c4ccncc4)cnc3C1)O2. The van der Waals surface area contributed by atoms with Gasteiger partial charge in [-0.25, -0.2) is 0 Å². The van der Waals surface area contributed by atoms with Crippen LogP contribution in [0.1, 0.15) is 5.69 Å². The smallest absolute Gasteiger partial charge is 0.171 e. The van der Waals surface area contributed by atoms with Crippen LogP contribution in [0.3, 0.4) is 0 Å².